The molecular weight excluding hydrogens is 191 g/mol. The Hall–Kier alpha value is -1.35. The van der Waals surface area contributed by atoms with Crippen LogP contribution in [0.25, 0.3) is 10.9 Å². The van der Waals surface area contributed by atoms with Crippen molar-refractivity contribution in [3.8, 4) is 0 Å². The Morgan fingerprint density at radius 1 is 1.40 bits per heavy atom. The summed E-state index contributed by atoms with van der Waals surface area (Å²) in [4.78, 5) is 3.17. The second-order valence-corrected chi connectivity index (χ2v) is 4.07. The number of fused-ring (bicyclic) bond motifs is 1. The van der Waals surface area contributed by atoms with E-state index in [1.165, 1.54) is 17.7 Å². The zero-order valence-corrected chi connectivity index (χ0v) is 8.97. The minimum atomic E-state index is -0.220. The van der Waals surface area contributed by atoms with Crippen LogP contribution in [0.2, 0.25) is 0 Å². The van der Waals surface area contributed by atoms with Crippen molar-refractivity contribution in [3.05, 3.63) is 35.3 Å². The van der Waals surface area contributed by atoms with Crippen LogP contribution in [0.3, 0.4) is 0 Å². The molecule has 0 aliphatic heterocycles. The monoisotopic (exact) mass is 206 g/mol. The van der Waals surface area contributed by atoms with E-state index in [1.54, 1.807) is 0 Å². The fourth-order valence-corrected chi connectivity index (χ4v) is 2.07. The van der Waals surface area contributed by atoms with E-state index in [2.05, 4.69) is 18.8 Å². The van der Waals surface area contributed by atoms with Crippen LogP contribution in [-0.4, -0.2) is 4.98 Å². The van der Waals surface area contributed by atoms with Gasteiger partial charge in [0.1, 0.15) is 5.82 Å². The number of nitrogens with one attached hydrogen (secondary N) is 1. The lowest BCUT2D eigenvalue weighted by atomic mass is 9.99. The zero-order chi connectivity index (χ0) is 11.0. The van der Waals surface area contributed by atoms with Crippen LogP contribution in [-0.2, 0) is 6.54 Å². The first-order valence-electron chi connectivity index (χ1n) is 5.13. The average Bonchev–Trinajstić information content (AvgIpc) is 2.54. The van der Waals surface area contributed by atoms with E-state index in [1.807, 2.05) is 6.07 Å². The summed E-state index contributed by atoms with van der Waals surface area (Å²) >= 11 is 0. The van der Waals surface area contributed by atoms with Gasteiger partial charge in [0.15, 0.2) is 0 Å². The highest BCUT2D eigenvalue weighted by molar-refractivity contribution is 5.85. The summed E-state index contributed by atoms with van der Waals surface area (Å²) in [5.74, 6) is 0.172. The Kier molecular flexibility index (Phi) is 2.49. The Balaban J connectivity index is 2.74. The van der Waals surface area contributed by atoms with Gasteiger partial charge in [0, 0.05) is 23.1 Å². The highest BCUT2D eigenvalue weighted by Crippen LogP contribution is 2.29. The van der Waals surface area contributed by atoms with Gasteiger partial charge in [0.25, 0.3) is 0 Å². The van der Waals surface area contributed by atoms with E-state index in [4.69, 9.17) is 5.73 Å². The summed E-state index contributed by atoms with van der Waals surface area (Å²) in [6, 6.07) is 4.82. The molecule has 0 saturated carbocycles. The van der Waals surface area contributed by atoms with Gasteiger partial charge in [-0.05, 0) is 29.7 Å². The molecule has 1 aromatic heterocycles. The van der Waals surface area contributed by atoms with Crippen molar-refractivity contribution in [1.82, 2.24) is 4.98 Å². The predicted octanol–water partition coefficient (Wildman–Crippen LogP) is 2.89. The average molecular weight is 206 g/mol. The summed E-state index contributed by atoms with van der Waals surface area (Å²) in [6.07, 6.45) is 0. The van der Waals surface area contributed by atoms with Crippen molar-refractivity contribution in [2.75, 3.05) is 0 Å². The molecule has 0 aliphatic carbocycles. The molecule has 80 valence electrons. The quantitative estimate of drug-likeness (QED) is 0.779. The Morgan fingerprint density at radius 3 is 2.73 bits per heavy atom. The first-order chi connectivity index (χ1) is 7.13. The van der Waals surface area contributed by atoms with Gasteiger partial charge in [0.2, 0.25) is 0 Å². The molecule has 0 amide bonds. The van der Waals surface area contributed by atoms with Crippen molar-refractivity contribution >= 4 is 10.9 Å². The van der Waals surface area contributed by atoms with E-state index in [-0.39, 0.29) is 5.82 Å². The third kappa shape index (κ3) is 1.63. The molecule has 0 saturated heterocycles. The smallest absolute Gasteiger partial charge is 0.125 e. The summed E-state index contributed by atoms with van der Waals surface area (Å²) < 4.78 is 13.0. The van der Waals surface area contributed by atoms with Crippen LogP contribution < -0.4 is 5.73 Å². The third-order valence-electron chi connectivity index (χ3n) is 2.66. The van der Waals surface area contributed by atoms with Crippen molar-refractivity contribution in [2.45, 2.75) is 26.3 Å². The first-order valence-corrected chi connectivity index (χ1v) is 5.13. The number of aromatic nitrogens is 1. The molecule has 0 unspecified atom stereocenters. The van der Waals surface area contributed by atoms with Crippen LogP contribution in [0.4, 0.5) is 4.39 Å². The summed E-state index contributed by atoms with van der Waals surface area (Å²) in [6.45, 7) is 4.69. The normalized spacial score (nSPS) is 11.5. The van der Waals surface area contributed by atoms with Gasteiger partial charge in [-0.15, -0.1) is 0 Å². The van der Waals surface area contributed by atoms with Gasteiger partial charge >= 0.3 is 0 Å². The highest BCUT2D eigenvalue weighted by Gasteiger charge is 2.13. The van der Waals surface area contributed by atoms with Gasteiger partial charge in [-0.3, -0.25) is 0 Å². The molecule has 0 aliphatic rings. The van der Waals surface area contributed by atoms with E-state index >= 15 is 0 Å². The van der Waals surface area contributed by atoms with Crippen LogP contribution in [0.1, 0.15) is 31.0 Å². The van der Waals surface area contributed by atoms with Crippen molar-refractivity contribution < 1.29 is 4.39 Å². The number of rotatable bonds is 2. The molecule has 2 rings (SSSR count). The summed E-state index contributed by atoms with van der Waals surface area (Å²) in [5.41, 5.74) is 8.70. The molecule has 3 N–H and O–H groups in total. The zero-order valence-electron chi connectivity index (χ0n) is 8.97. The summed E-state index contributed by atoms with van der Waals surface area (Å²) in [5, 5.41) is 1.08. The lowest BCUT2D eigenvalue weighted by molar-refractivity contribution is 0.629. The van der Waals surface area contributed by atoms with E-state index in [0.29, 0.717) is 12.5 Å². The fourth-order valence-electron chi connectivity index (χ4n) is 2.07. The fraction of sp³-hybridized carbons (Fsp3) is 0.333. The maximum Gasteiger partial charge on any atom is 0.125 e. The minimum absolute atomic E-state index is 0.220. The maximum atomic E-state index is 13.0. The minimum Gasteiger partial charge on any atom is -0.357 e. The molecule has 15 heavy (non-hydrogen) atoms. The molecule has 1 aromatic carbocycles. The predicted molar refractivity (Wildman–Crippen MR) is 60.2 cm³/mol. The molecule has 0 radical (unpaired) electrons. The Morgan fingerprint density at radius 2 is 2.13 bits per heavy atom. The van der Waals surface area contributed by atoms with Crippen LogP contribution in [0, 0.1) is 5.82 Å². The lowest BCUT2D eigenvalue weighted by Gasteiger charge is -2.06. The molecular formula is C12H15FN2. The number of hydrogen-bond acceptors (Lipinski definition) is 1. The van der Waals surface area contributed by atoms with E-state index in [9.17, 15) is 4.39 Å². The number of halogens is 1. The SMILES string of the molecule is CC(C)c1c(CN)[nH]c2cc(F)ccc12. The van der Waals surface area contributed by atoms with Gasteiger partial charge in [-0.1, -0.05) is 13.8 Å². The Labute approximate surface area is 88.3 Å². The van der Waals surface area contributed by atoms with Gasteiger partial charge in [-0.2, -0.15) is 0 Å². The molecule has 2 nitrogen and oxygen atoms in total. The molecule has 0 spiro atoms. The van der Waals surface area contributed by atoms with Crippen LogP contribution >= 0.6 is 0 Å². The molecule has 0 bridgehead atoms. The highest BCUT2D eigenvalue weighted by atomic mass is 19.1. The second-order valence-electron chi connectivity index (χ2n) is 4.07. The maximum absolute atomic E-state index is 13.0. The van der Waals surface area contributed by atoms with Gasteiger partial charge < -0.3 is 10.7 Å². The van der Waals surface area contributed by atoms with E-state index in [0.717, 1.165) is 16.6 Å². The molecule has 0 atom stereocenters. The summed E-state index contributed by atoms with van der Waals surface area (Å²) in [7, 11) is 0. The number of nitrogens with two attached hydrogens (primary N) is 1. The standard InChI is InChI=1S/C12H15FN2/c1-7(2)12-9-4-3-8(13)5-10(9)15-11(12)6-14/h3-5,7,15H,6,14H2,1-2H3. The van der Waals surface area contributed by atoms with Crippen LogP contribution in [0.15, 0.2) is 18.2 Å². The molecule has 0 fully saturated rings. The molecule has 3 heteroatoms. The van der Waals surface area contributed by atoms with Crippen molar-refractivity contribution in [1.29, 1.82) is 0 Å². The third-order valence-corrected chi connectivity index (χ3v) is 2.66. The largest absolute Gasteiger partial charge is 0.357 e. The second kappa shape index (κ2) is 3.66. The number of hydrogen-bond donors (Lipinski definition) is 2. The topological polar surface area (TPSA) is 41.8 Å². The molecule has 2 aromatic rings. The van der Waals surface area contributed by atoms with Crippen molar-refractivity contribution in [3.63, 3.8) is 0 Å². The van der Waals surface area contributed by atoms with Gasteiger partial charge in [-0.25, -0.2) is 4.39 Å². The van der Waals surface area contributed by atoms with E-state index < -0.39 is 0 Å². The van der Waals surface area contributed by atoms with Crippen LogP contribution in [0.5, 0.6) is 0 Å². The van der Waals surface area contributed by atoms with Gasteiger partial charge in [0.05, 0.1) is 0 Å². The number of aromatic amines is 1. The number of benzene rings is 1. The van der Waals surface area contributed by atoms with Crippen molar-refractivity contribution in [2.24, 2.45) is 5.73 Å². The molecule has 1 heterocycles. The lowest BCUT2D eigenvalue weighted by Crippen LogP contribution is -2.01. The first kappa shape index (κ1) is 10.2. The Bertz CT molecular complexity index is 486. The number of H-pyrrole nitrogens is 1.